The monoisotopic (exact) mass is 199 g/mol. The van der Waals surface area contributed by atoms with Crippen molar-refractivity contribution >= 4 is 17.4 Å². The first kappa shape index (κ1) is 10.1. The van der Waals surface area contributed by atoms with Gasteiger partial charge in [0.15, 0.2) is 0 Å². The third-order valence-corrected chi connectivity index (χ3v) is 2.20. The summed E-state index contributed by atoms with van der Waals surface area (Å²) in [5.41, 5.74) is 0. The molecule has 5 heteroatoms. The number of hydrogen-bond donors (Lipinski definition) is 1. The van der Waals surface area contributed by atoms with Gasteiger partial charge >= 0.3 is 0 Å². The average molecular weight is 199 g/mol. The third kappa shape index (κ3) is 3.10. The van der Waals surface area contributed by atoms with Crippen LogP contribution in [0.3, 0.4) is 0 Å². The highest BCUT2D eigenvalue weighted by Gasteiger charge is 2.10. The van der Waals surface area contributed by atoms with E-state index in [1.807, 2.05) is 13.8 Å². The molecule has 0 aliphatic heterocycles. The SMILES string of the molecule is Cc1nsc(C(=O)NCC(C)C)n1. The predicted molar refractivity (Wildman–Crippen MR) is 51.8 cm³/mol. The molecule has 0 bridgehead atoms. The molecule has 0 aliphatic rings. The molecule has 72 valence electrons. The quantitative estimate of drug-likeness (QED) is 0.796. The Morgan fingerprint density at radius 3 is 2.77 bits per heavy atom. The second kappa shape index (κ2) is 4.32. The van der Waals surface area contributed by atoms with E-state index in [0.717, 1.165) is 11.5 Å². The van der Waals surface area contributed by atoms with Crippen molar-refractivity contribution in [2.24, 2.45) is 5.92 Å². The molecule has 1 heterocycles. The molecule has 0 spiro atoms. The summed E-state index contributed by atoms with van der Waals surface area (Å²) < 4.78 is 3.93. The number of carbonyl (C=O) groups is 1. The molecule has 0 aliphatic carbocycles. The molecule has 0 aromatic carbocycles. The molecule has 13 heavy (non-hydrogen) atoms. The Morgan fingerprint density at radius 2 is 2.31 bits per heavy atom. The normalized spacial score (nSPS) is 10.5. The van der Waals surface area contributed by atoms with Gasteiger partial charge in [-0.3, -0.25) is 4.79 Å². The van der Waals surface area contributed by atoms with E-state index in [-0.39, 0.29) is 5.91 Å². The number of aryl methyl sites for hydroxylation is 1. The number of carbonyl (C=O) groups excluding carboxylic acids is 1. The number of rotatable bonds is 3. The summed E-state index contributed by atoms with van der Waals surface area (Å²) in [6.07, 6.45) is 0. The molecule has 1 aromatic rings. The van der Waals surface area contributed by atoms with Crippen LogP contribution in [0, 0.1) is 12.8 Å². The summed E-state index contributed by atoms with van der Waals surface area (Å²) >= 11 is 1.14. The van der Waals surface area contributed by atoms with Gasteiger partial charge in [0, 0.05) is 6.54 Å². The van der Waals surface area contributed by atoms with Crippen LogP contribution < -0.4 is 5.32 Å². The van der Waals surface area contributed by atoms with Crippen LogP contribution in [0.25, 0.3) is 0 Å². The molecule has 0 radical (unpaired) electrons. The number of hydrogen-bond acceptors (Lipinski definition) is 4. The molecular weight excluding hydrogens is 186 g/mol. The molecule has 4 nitrogen and oxygen atoms in total. The van der Waals surface area contributed by atoms with Gasteiger partial charge in [0.1, 0.15) is 5.82 Å². The number of aromatic nitrogens is 2. The Labute approximate surface area is 81.6 Å². The minimum Gasteiger partial charge on any atom is -0.350 e. The van der Waals surface area contributed by atoms with Gasteiger partial charge in [-0.1, -0.05) is 13.8 Å². The molecule has 1 rings (SSSR count). The predicted octanol–water partition coefficient (Wildman–Crippen LogP) is 1.23. The van der Waals surface area contributed by atoms with E-state index in [1.165, 1.54) is 0 Å². The van der Waals surface area contributed by atoms with E-state index in [2.05, 4.69) is 14.7 Å². The standard InChI is InChI=1S/C8H13N3OS/c1-5(2)4-9-7(12)8-10-6(3)11-13-8/h5H,4H2,1-3H3,(H,9,12). The Bertz CT molecular complexity index is 295. The molecule has 1 amide bonds. The van der Waals surface area contributed by atoms with Gasteiger partial charge in [0.2, 0.25) is 5.01 Å². The molecule has 0 atom stereocenters. The van der Waals surface area contributed by atoms with Crippen molar-refractivity contribution in [2.45, 2.75) is 20.8 Å². The maximum atomic E-state index is 11.4. The van der Waals surface area contributed by atoms with Crippen LogP contribution in [0.1, 0.15) is 29.5 Å². The van der Waals surface area contributed by atoms with Crippen molar-refractivity contribution in [2.75, 3.05) is 6.54 Å². The fourth-order valence-corrected chi connectivity index (χ4v) is 1.35. The maximum absolute atomic E-state index is 11.4. The zero-order valence-corrected chi connectivity index (χ0v) is 8.81. The largest absolute Gasteiger partial charge is 0.350 e. The van der Waals surface area contributed by atoms with Crippen molar-refractivity contribution in [3.8, 4) is 0 Å². The van der Waals surface area contributed by atoms with Crippen LogP contribution in [0.2, 0.25) is 0 Å². The van der Waals surface area contributed by atoms with Gasteiger partial charge in [0.05, 0.1) is 0 Å². The molecule has 0 fully saturated rings. The molecule has 0 saturated carbocycles. The van der Waals surface area contributed by atoms with Crippen molar-refractivity contribution in [1.29, 1.82) is 0 Å². The Hall–Kier alpha value is -0.970. The van der Waals surface area contributed by atoms with E-state index >= 15 is 0 Å². The summed E-state index contributed by atoms with van der Waals surface area (Å²) in [7, 11) is 0. The first-order chi connectivity index (χ1) is 6.09. The summed E-state index contributed by atoms with van der Waals surface area (Å²) in [5, 5.41) is 3.22. The first-order valence-corrected chi connectivity index (χ1v) is 4.95. The average Bonchev–Trinajstić information content (AvgIpc) is 2.47. The Kier molecular flexibility index (Phi) is 3.36. The van der Waals surface area contributed by atoms with Gasteiger partial charge in [-0.15, -0.1) is 0 Å². The lowest BCUT2D eigenvalue weighted by atomic mass is 10.2. The summed E-state index contributed by atoms with van der Waals surface area (Å²) in [6, 6.07) is 0. The highest BCUT2D eigenvalue weighted by molar-refractivity contribution is 7.07. The minimum atomic E-state index is -0.126. The lowest BCUT2D eigenvalue weighted by Crippen LogP contribution is -2.27. The van der Waals surface area contributed by atoms with Crippen LogP contribution >= 0.6 is 11.5 Å². The van der Waals surface area contributed by atoms with E-state index in [0.29, 0.717) is 23.3 Å². The Balaban J connectivity index is 2.49. The number of nitrogens with zero attached hydrogens (tertiary/aromatic N) is 2. The fourth-order valence-electron chi connectivity index (χ4n) is 0.762. The summed E-state index contributed by atoms with van der Waals surface area (Å²) in [5.74, 6) is 0.983. The third-order valence-electron chi connectivity index (χ3n) is 1.39. The van der Waals surface area contributed by atoms with Gasteiger partial charge in [-0.25, -0.2) is 4.98 Å². The summed E-state index contributed by atoms with van der Waals surface area (Å²) in [6.45, 7) is 6.55. The van der Waals surface area contributed by atoms with E-state index in [4.69, 9.17) is 0 Å². The highest BCUT2D eigenvalue weighted by Crippen LogP contribution is 2.03. The Morgan fingerprint density at radius 1 is 1.62 bits per heavy atom. The zero-order chi connectivity index (χ0) is 9.84. The fraction of sp³-hybridized carbons (Fsp3) is 0.625. The minimum absolute atomic E-state index is 0.126. The molecule has 0 saturated heterocycles. The van der Waals surface area contributed by atoms with Gasteiger partial charge in [-0.05, 0) is 24.4 Å². The van der Waals surface area contributed by atoms with Crippen molar-refractivity contribution in [1.82, 2.24) is 14.7 Å². The van der Waals surface area contributed by atoms with Gasteiger partial charge in [0.25, 0.3) is 5.91 Å². The van der Waals surface area contributed by atoms with E-state index in [9.17, 15) is 4.79 Å². The molecule has 1 aromatic heterocycles. The van der Waals surface area contributed by atoms with Crippen LogP contribution in [0.4, 0.5) is 0 Å². The molecule has 0 unspecified atom stereocenters. The number of amides is 1. The second-order valence-electron chi connectivity index (χ2n) is 3.25. The summed E-state index contributed by atoms with van der Waals surface area (Å²) in [4.78, 5) is 15.3. The van der Waals surface area contributed by atoms with Gasteiger partial charge < -0.3 is 5.32 Å². The van der Waals surface area contributed by atoms with Crippen LogP contribution in [-0.4, -0.2) is 21.8 Å². The van der Waals surface area contributed by atoms with Crippen molar-refractivity contribution < 1.29 is 4.79 Å². The first-order valence-electron chi connectivity index (χ1n) is 4.18. The molecule has 1 N–H and O–H groups in total. The number of nitrogens with one attached hydrogen (secondary N) is 1. The van der Waals surface area contributed by atoms with E-state index in [1.54, 1.807) is 6.92 Å². The zero-order valence-electron chi connectivity index (χ0n) is 8.00. The van der Waals surface area contributed by atoms with Crippen LogP contribution in [-0.2, 0) is 0 Å². The maximum Gasteiger partial charge on any atom is 0.281 e. The van der Waals surface area contributed by atoms with Crippen molar-refractivity contribution in [3.05, 3.63) is 10.8 Å². The van der Waals surface area contributed by atoms with Crippen LogP contribution in [0.15, 0.2) is 0 Å². The lowest BCUT2D eigenvalue weighted by molar-refractivity contribution is 0.0948. The highest BCUT2D eigenvalue weighted by atomic mass is 32.1. The smallest absolute Gasteiger partial charge is 0.281 e. The topological polar surface area (TPSA) is 54.9 Å². The molecular formula is C8H13N3OS. The van der Waals surface area contributed by atoms with Crippen LogP contribution in [0.5, 0.6) is 0 Å². The van der Waals surface area contributed by atoms with Gasteiger partial charge in [-0.2, -0.15) is 4.37 Å². The van der Waals surface area contributed by atoms with Crippen molar-refractivity contribution in [3.63, 3.8) is 0 Å². The second-order valence-corrected chi connectivity index (χ2v) is 4.00. The van der Waals surface area contributed by atoms with E-state index < -0.39 is 0 Å². The lowest BCUT2D eigenvalue weighted by Gasteiger charge is -2.04.